The highest BCUT2D eigenvalue weighted by Gasteiger charge is 2.20. The topological polar surface area (TPSA) is 18.5 Å². The fraction of sp³-hybridized carbons (Fsp3) is 0.778. The van der Waals surface area contributed by atoms with E-state index in [1.165, 1.54) is 5.57 Å². The molecule has 0 aromatic carbocycles. The zero-order valence-corrected chi connectivity index (χ0v) is 8.69. The van der Waals surface area contributed by atoms with E-state index in [1.807, 2.05) is 11.8 Å². The van der Waals surface area contributed by atoms with Gasteiger partial charge in [0, 0.05) is 31.6 Å². The lowest BCUT2D eigenvalue weighted by Crippen LogP contribution is -2.19. The Morgan fingerprint density at radius 1 is 1.58 bits per heavy atom. The Kier molecular flexibility index (Phi) is 4.12. The average Bonchev–Trinajstić information content (AvgIpc) is 2.47. The van der Waals surface area contributed by atoms with Gasteiger partial charge in [-0.2, -0.15) is 0 Å². The van der Waals surface area contributed by atoms with Crippen LogP contribution in [0.4, 0.5) is 0 Å². The molecule has 70 valence electrons. The standard InChI is InChI=1S/C9H16O2S/c1-7-4-5-12-8(7)6-9(10-2)11-3/h4,8-9H,5-6H2,1-3H3. The number of hydrogen-bond donors (Lipinski definition) is 0. The van der Waals surface area contributed by atoms with Gasteiger partial charge >= 0.3 is 0 Å². The Balaban J connectivity index is 2.34. The predicted molar refractivity (Wildman–Crippen MR) is 52.4 cm³/mol. The number of methoxy groups -OCH3 is 2. The Labute approximate surface area is 78.3 Å². The van der Waals surface area contributed by atoms with Crippen molar-refractivity contribution >= 4 is 11.8 Å². The van der Waals surface area contributed by atoms with E-state index in [4.69, 9.17) is 9.47 Å². The summed E-state index contributed by atoms with van der Waals surface area (Å²) in [6.07, 6.45) is 3.18. The Morgan fingerprint density at radius 2 is 2.25 bits per heavy atom. The molecule has 0 radical (unpaired) electrons. The molecule has 1 atom stereocenters. The lowest BCUT2D eigenvalue weighted by Gasteiger charge is -2.18. The van der Waals surface area contributed by atoms with Crippen LogP contribution in [0, 0.1) is 0 Å². The minimum atomic E-state index is -0.0519. The van der Waals surface area contributed by atoms with E-state index < -0.39 is 0 Å². The summed E-state index contributed by atoms with van der Waals surface area (Å²) in [4.78, 5) is 0. The molecule has 0 saturated carbocycles. The van der Waals surface area contributed by atoms with Crippen LogP contribution in [0.3, 0.4) is 0 Å². The summed E-state index contributed by atoms with van der Waals surface area (Å²) >= 11 is 1.96. The molecule has 0 aliphatic carbocycles. The Hall–Kier alpha value is 0.01000. The van der Waals surface area contributed by atoms with E-state index >= 15 is 0 Å². The highest BCUT2D eigenvalue weighted by atomic mass is 32.2. The van der Waals surface area contributed by atoms with Gasteiger partial charge in [0.15, 0.2) is 6.29 Å². The van der Waals surface area contributed by atoms with Crippen LogP contribution in [0.15, 0.2) is 11.6 Å². The molecular formula is C9H16O2S. The summed E-state index contributed by atoms with van der Waals surface area (Å²) in [5.41, 5.74) is 1.46. The second-order valence-electron chi connectivity index (χ2n) is 2.91. The van der Waals surface area contributed by atoms with Crippen LogP contribution in [0.2, 0.25) is 0 Å². The summed E-state index contributed by atoms with van der Waals surface area (Å²) in [5, 5.41) is 0.592. The molecule has 0 N–H and O–H groups in total. The van der Waals surface area contributed by atoms with Crippen LogP contribution in [0.1, 0.15) is 13.3 Å². The monoisotopic (exact) mass is 188 g/mol. The van der Waals surface area contributed by atoms with E-state index in [0.717, 1.165) is 12.2 Å². The van der Waals surface area contributed by atoms with Crippen molar-refractivity contribution in [1.82, 2.24) is 0 Å². The first-order valence-electron chi connectivity index (χ1n) is 4.11. The summed E-state index contributed by atoms with van der Waals surface area (Å²) in [7, 11) is 3.37. The summed E-state index contributed by atoms with van der Waals surface area (Å²) < 4.78 is 10.3. The Morgan fingerprint density at radius 3 is 2.67 bits per heavy atom. The molecule has 0 saturated heterocycles. The van der Waals surface area contributed by atoms with Gasteiger partial charge in [0.25, 0.3) is 0 Å². The highest BCUT2D eigenvalue weighted by Crippen LogP contribution is 2.30. The maximum absolute atomic E-state index is 5.15. The fourth-order valence-corrected chi connectivity index (χ4v) is 2.52. The number of ether oxygens (including phenoxy) is 2. The van der Waals surface area contributed by atoms with Gasteiger partial charge in [-0.25, -0.2) is 0 Å². The van der Waals surface area contributed by atoms with Crippen LogP contribution in [0.5, 0.6) is 0 Å². The van der Waals surface area contributed by atoms with Gasteiger partial charge in [0.1, 0.15) is 0 Å². The summed E-state index contributed by atoms with van der Waals surface area (Å²) in [6.45, 7) is 2.17. The fourth-order valence-electron chi connectivity index (χ4n) is 1.28. The molecule has 12 heavy (non-hydrogen) atoms. The van der Waals surface area contributed by atoms with Gasteiger partial charge in [-0.1, -0.05) is 11.6 Å². The summed E-state index contributed by atoms with van der Waals surface area (Å²) in [6, 6.07) is 0. The molecule has 1 aliphatic heterocycles. The normalized spacial score (nSPS) is 23.3. The number of thioether (sulfide) groups is 1. The van der Waals surface area contributed by atoms with Crippen molar-refractivity contribution in [2.24, 2.45) is 0 Å². The van der Waals surface area contributed by atoms with Crippen molar-refractivity contribution in [2.45, 2.75) is 24.9 Å². The smallest absolute Gasteiger partial charge is 0.158 e. The first-order chi connectivity index (χ1) is 5.77. The number of hydrogen-bond acceptors (Lipinski definition) is 3. The third-order valence-corrected chi connectivity index (χ3v) is 3.47. The molecule has 0 bridgehead atoms. The minimum Gasteiger partial charge on any atom is -0.356 e. The highest BCUT2D eigenvalue weighted by molar-refractivity contribution is 8.00. The summed E-state index contributed by atoms with van der Waals surface area (Å²) in [5.74, 6) is 1.14. The minimum absolute atomic E-state index is 0.0519. The van der Waals surface area contributed by atoms with E-state index in [-0.39, 0.29) is 6.29 Å². The van der Waals surface area contributed by atoms with Crippen LogP contribution < -0.4 is 0 Å². The van der Waals surface area contributed by atoms with Crippen molar-refractivity contribution in [2.75, 3.05) is 20.0 Å². The van der Waals surface area contributed by atoms with Crippen molar-refractivity contribution in [3.8, 4) is 0 Å². The van der Waals surface area contributed by atoms with Gasteiger partial charge in [-0.3, -0.25) is 0 Å². The van der Waals surface area contributed by atoms with Crippen molar-refractivity contribution in [3.05, 3.63) is 11.6 Å². The van der Waals surface area contributed by atoms with Crippen LogP contribution >= 0.6 is 11.8 Å². The maximum atomic E-state index is 5.15. The van der Waals surface area contributed by atoms with E-state index in [9.17, 15) is 0 Å². The largest absolute Gasteiger partial charge is 0.356 e. The zero-order chi connectivity index (χ0) is 8.97. The van der Waals surface area contributed by atoms with E-state index in [2.05, 4.69) is 13.0 Å². The number of rotatable bonds is 4. The average molecular weight is 188 g/mol. The van der Waals surface area contributed by atoms with Gasteiger partial charge in [-0.05, 0) is 6.92 Å². The van der Waals surface area contributed by atoms with Gasteiger partial charge in [-0.15, -0.1) is 11.8 Å². The van der Waals surface area contributed by atoms with E-state index in [0.29, 0.717) is 5.25 Å². The SMILES string of the molecule is COC(CC1SCC=C1C)OC. The molecule has 1 rings (SSSR count). The van der Waals surface area contributed by atoms with Gasteiger partial charge < -0.3 is 9.47 Å². The first-order valence-corrected chi connectivity index (χ1v) is 5.16. The second kappa shape index (κ2) is 4.90. The van der Waals surface area contributed by atoms with Gasteiger partial charge in [0.2, 0.25) is 0 Å². The third kappa shape index (κ3) is 2.51. The maximum Gasteiger partial charge on any atom is 0.158 e. The predicted octanol–water partition coefficient (Wildman–Crippen LogP) is 2.06. The first kappa shape index (κ1) is 10.1. The molecule has 0 spiro atoms. The second-order valence-corrected chi connectivity index (χ2v) is 4.14. The molecule has 0 aromatic heterocycles. The van der Waals surface area contributed by atoms with Crippen LogP contribution in [-0.4, -0.2) is 31.5 Å². The zero-order valence-electron chi connectivity index (χ0n) is 7.87. The molecule has 0 fully saturated rings. The molecule has 3 heteroatoms. The Bertz CT molecular complexity index is 164. The van der Waals surface area contributed by atoms with E-state index in [1.54, 1.807) is 14.2 Å². The molecule has 1 heterocycles. The van der Waals surface area contributed by atoms with Crippen molar-refractivity contribution in [1.29, 1.82) is 0 Å². The van der Waals surface area contributed by atoms with Crippen molar-refractivity contribution < 1.29 is 9.47 Å². The molecule has 2 nitrogen and oxygen atoms in total. The van der Waals surface area contributed by atoms with Gasteiger partial charge in [0.05, 0.1) is 0 Å². The lowest BCUT2D eigenvalue weighted by atomic mass is 10.1. The lowest BCUT2D eigenvalue weighted by molar-refractivity contribution is -0.104. The molecule has 1 unspecified atom stereocenters. The third-order valence-electron chi connectivity index (χ3n) is 2.14. The molecule has 0 amide bonds. The molecule has 1 aliphatic rings. The van der Waals surface area contributed by atoms with Crippen LogP contribution in [0.25, 0.3) is 0 Å². The quantitative estimate of drug-likeness (QED) is 0.497. The van der Waals surface area contributed by atoms with Crippen LogP contribution in [-0.2, 0) is 9.47 Å². The van der Waals surface area contributed by atoms with Crippen molar-refractivity contribution in [3.63, 3.8) is 0 Å². The molecule has 0 aromatic rings. The molecular weight excluding hydrogens is 172 g/mol.